The smallest absolute Gasteiger partial charge is 0.321 e. The lowest BCUT2D eigenvalue weighted by molar-refractivity contribution is -0.119. The summed E-state index contributed by atoms with van der Waals surface area (Å²) in [6.45, 7) is 4.29. The lowest BCUT2D eigenvalue weighted by Crippen LogP contribution is -2.38. The van der Waals surface area contributed by atoms with Gasteiger partial charge in [-0.15, -0.1) is 0 Å². The Morgan fingerprint density at radius 1 is 1.43 bits per heavy atom. The number of benzene rings is 1. The van der Waals surface area contributed by atoms with Gasteiger partial charge in [0.1, 0.15) is 0 Å². The number of amides is 3. The van der Waals surface area contributed by atoms with Crippen molar-refractivity contribution in [2.45, 2.75) is 32.4 Å². The van der Waals surface area contributed by atoms with Crippen LogP contribution in [0, 0.1) is 0 Å². The Balaban J connectivity index is 1.93. The number of nitrogens with zero attached hydrogens (tertiary/aromatic N) is 1. The van der Waals surface area contributed by atoms with Gasteiger partial charge >= 0.3 is 6.03 Å². The van der Waals surface area contributed by atoms with E-state index in [2.05, 4.69) is 10.6 Å². The van der Waals surface area contributed by atoms with Crippen LogP contribution >= 0.6 is 0 Å². The van der Waals surface area contributed by atoms with Crippen molar-refractivity contribution >= 4 is 17.6 Å². The number of anilines is 1. The maximum absolute atomic E-state index is 12.2. The molecule has 3 amide bonds. The second-order valence-corrected chi connectivity index (χ2v) is 5.36. The van der Waals surface area contributed by atoms with Gasteiger partial charge in [-0.2, -0.15) is 0 Å². The Morgan fingerprint density at radius 3 is 2.86 bits per heavy atom. The molecule has 0 bridgehead atoms. The van der Waals surface area contributed by atoms with E-state index in [1.807, 2.05) is 6.07 Å². The number of urea groups is 1. The number of rotatable bonds is 3. The highest BCUT2D eigenvalue weighted by Crippen LogP contribution is 2.18. The summed E-state index contributed by atoms with van der Waals surface area (Å²) < 4.78 is 0. The van der Waals surface area contributed by atoms with Crippen LogP contribution in [0.15, 0.2) is 24.3 Å². The molecule has 1 aliphatic rings. The molecule has 114 valence electrons. The molecule has 2 unspecified atom stereocenters. The lowest BCUT2D eigenvalue weighted by atomic mass is 10.1. The van der Waals surface area contributed by atoms with Gasteiger partial charge in [0.25, 0.3) is 0 Å². The van der Waals surface area contributed by atoms with E-state index in [1.54, 1.807) is 30.0 Å². The molecular weight excluding hydrogens is 270 g/mol. The summed E-state index contributed by atoms with van der Waals surface area (Å²) in [6, 6.07) is 6.97. The number of aliphatic hydroxyl groups is 1. The maximum Gasteiger partial charge on any atom is 0.321 e. The summed E-state index contributed by atoms with van der Waals surface area (Å²) >= 11 is 0. The van der Waals surface area contributed by atoms with Gasteiger partial charge in [-0.25, -0.2) is 4.79 Å². The minimum Gasteiger partial charge on any atom is -0.389 e. The summed E-state index contributed by atoms with van der Waals surface area (Å²) in [4.78, 5) is 24.9. The molecule has 21 heavy (non-hydrogen) atoms. The van der Waals surface area contributed by atoms with Crippen molar-refractivity contribution in [1.29, 1.82) is 0 Å². The number of aliphatic hydroxyl groups excluding tert-OH is 1. The second-order valence-electron chi connectivity index (χ2n) is 5.36. The maximum atomic E-state index is 12.2. The quantitative estimate of drug-likeness (QED) is 0.789. The predicted octanol–water partition coefficient (Wildman–Crippen LogP) is 1.48. The largest absolute Gasteiger partial charge is 0.389 e. The van der Waals surface area contributed by atoms with Crippen LogP contribution in [0.2, 0.25) is 0 Å². The van der Waals surface area contributed by atoms with E-state index in [9.17, 15) is 14.7 Å². The lowest BCUT2D eigenvalue weighted by Gasteiger charge is -2.18. The minimum atomic E-state index is -0.571. The van der Waals surface area contributed by atoms with Crippen LogP contribution in [0.4, 0.5) is 10.5 Å². The Morgan fingerprint density at radius 2 is 2.19 bits per heavy atom. The highest BCUT2D eigenvalue weighted by molar-refractivity contribution is 5.89. The third kappa shape index (κ3) is 4.19. The van der Waals surface area contributed by atoms with Gasteiger partial charge in [-0.3, -0.25) is 4.79 Å². The first-order valence-corrected chi connectivity index (χ1v) is 7.07. The van der Waals surface area contributed by atoms with Crippen LogP contribution in [0.25, 0.3) is 0 Å². The summed E-state index contributed by atoms with van der Waals surface area (Å²) in [7, 11) is 0. The minimum absolute atomic E-state index is 0.0250. The number of hydrogen-bond donors (Lipinski definition) is 3. The van der Waals surface area contributed by atoms with E-state index in [0.717, 1.165) is 12.0 Å². The third-order valence-electron chi connectivity index (χ3n) is 3.50. The highest BCUT2D eigenvalue weighted by Gasteiger charge is 2.26. The van der Waals surface area contributed by atoms with Gasteiger partial charge in [0, 0.05) is 31.7 Å². The number of carbonyl (C=O) groups excluding carboxylic acids is 2. The standard InChI is InChI=1S/C15H21N3O3/c1-10(19)12-4-3-5-13(8-12)17-15(21)18-7-6-14(9-18)16-11(2)20/h3-5,8,10,14,19H,6-7,9H2,1-2H3,(H,16,20)(H,17,21). The van der Waals surface area contributed by atoms with Crippen molar-refractivity contribution in [3.8, 4) is 0 Å². The van der Waals surface area contributed by atoms with Crippen LogP contribution in [-0.4, -0.2) is 41.1 Å². The van der Waals surface area contributed by atoms with Crippen molar-refractivity contribution in [2.75, 3.05) is 18.4 Å². The normalized spacial score (nSPS) is 19.2. The molecule has 1 heterocycles. The molecule has 0 radical (unpaired) electrons. The van der Waals surface area contributed by atoms with Gasteiger partial charge in [-0.1, -0.05) is 12.1 Å². The Bertz CT molecular complexity index is 531. The van der Waals surface area contributed by atoms with Gasteiger partial charge in [0.15, 0.2) is 0 Å². The van der Waals surface area contributed by atoms with Crippen molar-refractivity contribution in [2.24, 2.45) is 0 Å². The van der Waals surface area contributed by atoms with Crippen LogP contribution in [0.1, 0.15) is 31.9 Å². The SMILES string of the molecule is CC(=O)NC1CCN(C(=O)Nc2cccc(C(C)O)c2)C1. The Labute approximate surface area is 124 Å². The van der Waals surface area contributed by atoms with Crippen molar-refractivity contribution in [1.82, 2.24) is 10.2 Å². The molecule has 2 rings (SSSR count). The van der Waals surface area contributed by atoms with Gasteiger partial charge in [0.2, 0.25) is 5.91 Å². The second kappa shape index (κ2) is 6.58. The van der Waals surface area contributed by atoms with E-state index in [0.29, 0.717) is 18.8 Å². The topological polar surface area (TPSA) is 81.7 Å². The predicted molar refractivity (Wildman–Crippen MR) is 79.9 cm³/mol. The number of carbonyl (C=O) groups is 2. The number of hydrogen-bond acceptors (Lipinski definition) is 3. The monoisotopic (exact) mass is 291 g/mol. The third-order valence-corrected chi connectivity index (χ3v) is 3.50. The first-order valence-electron chi connectivity index (χ1n) is 7.07. The first-order chi connectivity index (χ1) is 9.95. The van der Waals surface area contributed by atoms with Gasteiger partial charge < -0.3 is 20.6 Å². The molecule has 0 saturated carbocycles. The van der Waals surface area contributed by atoms with Crippen molar-refractivity contribution in [3.63, 3.8) is 0 Å². The molecule has 1 aromatic carbocycles. The molecule has 1 fully saturated rings. The van der Waals surface area contributed by atoms with Crippen LogP contribution in [-0.2, 0) is 4.79 Å². The first kappa shape index (κ1) is 15.3. The summed E-state index contributed by atoms with van der Waals surface area (Å²) in [5.41, 5.74) is 1.41. The molecule has 0 aliphatic carbocycles. The molecule has 0 spiro atoms. The molecule has 6 heteroatoms. The van der Waals surface area contributed by atoms with E-state index in [4.69, 9.17) is 0 Å². The molecule has 0 aromatic heterocycles. The highest BCUT2D eigenvalue weighted by atomic mass is 16.3. The fourth-order valence-corrected chi connectivity index (χ4v) is 2.43. The molecule has 1 aliphatic heterocycles. The summed E-state index contributed by atoms with van der Waals surface area (Å²) in [6.07, 6.45) is 0.193. The summed E-state index contributed by atoms with van der Waals surface area (Å²) in [5, 5.41) is 15.2. The van der Waals surface area contributed by atoms with E-state index in [1.165, 1.54) is 6.92 Å². The van der Waals surface area contributed by atoms with E-state index in [-0.39, 0.29) is 18.0 Å². The molecule has 2 atom stereocenters. The van der Waals surface area contributed by atoms with E-state index >= 15 is 0 Å². The van der Waals surface area contributed by atoms with Crippen LogP contribution in [0.5, 0.6) is 0 Å². The zero-order chi connectivity index (χ0) is 15.4. The number of nitrogens with one attached hydrogen (secondary N) is 2. The molecule has 1 aromatic rings. The average Bonchev–Trinajstić information content (AvgIpc) is 2.86. The van der Waals surface area contributed by atoms with Crippen molar-refractivity contribution in [3.05, 3.63) is 29.8 Å². The molecule has 1 saturated heterocycles. The fraction of sp³-hybridized carbons (Fsp3) is 0.467. The zero-order valence-corrected chi connectivity index (χ0v) is 12.3. The fourth-order valence-electron chi connectivity index (χ4n) is 2.43. The van der Waals surface area contributed by atoms with Gasteiger partial charge in [0.05, 0.1) is 6.10 Å². The average molecular weight is 291 g/mol. The zero-order valence-electron chi connectivity index (χ0n) is 12.3. The molecule has 3 N–H and O–H groups in total. The van der Waals surface area contributed by atoms with E-state index < -0.39 is 6.10 Å². The molecular formula is C15H21N3O3. The van der Waals surface area contributed by atoms with Crippen molar-refractivity contribution < 1.29 is 14.7 Å². The Hall–Kier alpha value is -2.08. The number of likely N-dealkylation sites (tertiary alicyclic amines) is 1. The van der Waals surface area contributed by atoms with Crippen LogP contribution in [0.3, 0.4) is 0 Å². The van der Waals surface area contributed by atoms with Gasteiger partial charge in [-0.05, 0) is 31.0 Å². The van der Waals surface area contributed by atoms with Crippen LogP contribution < -0.4 is 10.6 Å². The summed E-state index contributed by atoms with van der Waals surface area (Å²) in [5.74, 6) is -0.0770. The Kier molecular flexibility index (Phi) is 4.80. The molecule has 6 nitrogen and oxygen atoms in total.